The number of esters is 2. The highest BCUT2D eigenvalue weighted by Crippen LogP contribution is 2.16. The highest BCUT2D eigenvalue weighted by Gasteiger charge is 2.24. The predicted molar refractivity (Wildman–Crippen MR) is 183 cm³/mol. The Hall–Kier alpha value is -6.97. The number of nitriles is 1. The largest absolute Gasteiger partial charge is 0.467 e. The number of rotatable bonds is 12. The Morgan fingerprint density at radius 2 is 1.08 bits per heavy atom. The first kappa shape index (κ1) is 37.5. The minimum atomic E-state index is -0.905. The fraction of sp³-hybridized carbons (Fsp3) is 0.167. The van der Waals surface area contributed by atoms with Crippen molar-refractivity contribution in [1.29, 1.82) is 5.26 Å². The molecule has 2 amide bonds. The van der Waals surface area contributed by atoms with Gasteiger partial charge in [0.25, 0.3) is 18.1 Å². The maximum atomic E-state index is 12.4. The first-order chi connectivity index (χ1) is 24.1. The van der Waals surface area contributed by atoms with E-state index in [1.165, 1.54) is 44.6 Å². The summed E-state index contributed by atoms with van der Waals surface area (Å²) in [5.41, 5.74) is 15.1. The smallest absolute Gasteiger partial charge is 0.328 e. The fourth-order valence-corrected chi connectivity index (χ4v) is 4.40. The van der Waals surface area contributed by atoms with Crippen LogP contribution in [-0.2, 0) is 36.7 Å². The van der Waals surface area contributed by atoms with Gasteiger partial charge in [0, 0.05) is 35.3 Å². The molecule has 4 rings (SSSR count). The van der Waals surface area contributed by atoms with Crippen molar-refractivity contribution in [2.75, 3.05) is 25.7 Å². The summed E-state index contributed by atoms with van der Waals surface area (Å²) in [6, 6.07) is 24.3. The van der Waals surface area contributed by atoms with Crippen LogP contribution in [0.4, 0.5) is 17.1 Å². The van der Waals surface area contributed by atoms with Crippen LogP contribution in [0.1, 0.15) is 31.8 Å². The maximum Gasteiger partial charge on any atom is 0.328 e. The molecular weight excluding hydrogens is 644 g/mol. The minimum absolute atomic E-state index is 0.193. The second-order valence-corrected chi connectivity index (χ2v) is 10.5. The number of nitrogen functional groups attached to an aromatic ring is 2. The monoisotopic (exact) mass is 678 g/mol. The van der Waals surface area contributed by atoms with E-state index >= 15 is 0 Å². The van der Waals surface area contributed by atoms with Crippen molar-refractivity contribution in [1.82, 2.24) is 10.6 Å². The van der Waals surface area contributed by atoms with Crippen LogP contribution < -0.4 is 26.8 Å². The van der Waals surface area contributed by atoms with Crippen LogP contribution in [0.2, 0.25) is 0 Å². The lowest BCUT2D eigenvalue weighted by Crippen LogP contribution is -2.43. The SMILES string of the molecule is COC(=O)C(Cc1ccc(N)cc1)NC(=O)c1ccc(N)cc1.COC(=O)C(Cc1ccc(OC#N)cc1)NC(=O)c1ccc(N=C=O)cc1. The van der Waals surface area contributed by atoms with Gasteiger partial charge >= 0.3 is 11.9 Å². The average Bonchev–Trinajstić information content (AvgIpc) is 3.13. The van der Waals surface area contributed by atoms with Crippen LogP contribution in [0.3, 0.4) is 0 Å². The van der Waals surface area contributed by atoms with Crippen LogP contribution in [0.5, 0.6) is 5.75 Å². The molecule has 14 heteroatoms. The van der Waals surface area contributed by atoms with E-state index in [0.717, 1.165) is 11.1 Å². The standard InChI is InChI=1S/C19H15N3O5.C17H19N3O3/c1-26-19(25)17(10-13-2-8-16(9-3-13)27-11-20)22-18(24)14-4-6-15(7-5-14)21-12-23;1-23-17(22)15(10-11-2-6-13(18)7-3-11)20-16(21)12-4-8-14(19)9-5-12/h2-9,17H,10H2,1H3,(H,22,24);2-9,15H,10,18-19H2,1H3,(H,20,21). The van der Waals surface area contributed by atoms with Gasteiger partial charge in [-0.25, -0.2) is 14.4 Å². The van der Waals surface area contributed by atoms with Crippen LogP contribution in [0.15, 0.2) is 102 Å². The molecule has 4 aromatic rings. The number of hydrogen-bond donors (Lipinski definition) is 4. The molecule has 0 radical (unpaired) electrons. The highest BCUT2D eigenvalue weighted by molar-refractivity contribution is 5.97. The third kappa shape index (κ3) is 11.7. The molecule has 0 aliphatic heterocycles. The summed E-state index contributed by atoms with van der Waals surface area (Å²) in [4.78, 5) is 62.3. The summed E-state index contributed by atoms with van der Waals surface area (Å²) in [6.45, 7) is 0. The Morgan fingerprint density at radius 1 is 0.680 bits per heavy atom. The number of aliphatic imine (C=N–C) groups is 1. The molecule has 6 N–H and O–H groups in total. The van der Waals surface area contributed by atoms with Crippen LogP contribution >= 0.6 is 0 Å². The molecule has 256 valence electrons. The van der Waals surface area contributed by atoms with E-state index in [9.17, 15) is 24.0 Å². The molecule has 0 saturated carbocycles. The number of isocyanates is 1. The van der Waals surface area contributed by atoms with Gasteiger partial charge in [0.1, 0.15) is 17.8 Å². The molecule has 14 nitrogen and oxygen atoms in total. The van der Waals surface area contributed by atoms with Crippen LogP contribution in [0.25, 0.3) is 0 Å². The number of anilines is 2. The molecule has 2 atom stereocenters. The zero-order chi connectivity index (χ0) is 36.5. The predicted octanol–water partition coefficient (Wildman–Crippen LogP) is 3.39. The van der Waals surface area contributed by atoms with Crippen LogP contribution in [0, 0.1) is 11.5 Å². The van der Waals surface area contributed by atoms with Crippen molar-refractivity contribution in [3.8, 4) is 12.0 Å². The van der Waals surface area contributed by atoms with Gasteiger partial charge in [0.15, 0.2) is 0 Å². The third-order valence-electron chi connectivity index (χ3n) is 7.01. The maximum absolute atomic E-state index is 12.4. The van der Waals surface area contributed by atoms with Gasteiger partial charge in [-0.1, -0.05) is 24.3 Å². The summed E-state index contributed by atoms with van der Waals surface area (Å²) in [7, 11) is 2.52. The molecule has 0 spiro atoms. The first-order valence-corrected chi connectivity index (χ1v) is 14.9. The van der Waals surface area contributed by atoms with Crippen molar-refractivity contribution in [2.24, 2.45) is 4.99 Å². The normalized spacial score (nSPS) is 11.1. The highest BCUT2D eigenvalue weighted by atomic mass is 16.5. The summed E-state index contributed by atoms with van der Waals surface area (Å²) >= 11 is 0. The van der Waals surface area contributed by atoms with Gasteiger partial charge in [-0.15, -0.1) is 5.26 Å². The second kappa shape index (κ2) is 19.0. The molecular formula is C36H34N6O8. The Morgan fingerprint density at radius 3 is 1.48 bits per heavy atom. The number of benzene rings is 4. The van der Waals surface area contributed by atoms with Gasteiger partial charge < -0.3 is 36.3 Å². The quantitative estimate of drug-likeness (QED) is 0.0558. The van der Waals surface area contributed by atoms with Gasteiger partial charge in [0.2, 0.25) is 6.08 Å². The van der Waals surface area contributed by atoms with Crippen molar-refractivity contribution in [2.45, 2.75) is 24.9 Å². The summed E-state index contributed by atoms with van der Waals surface area (Å²) in [5, 5.41) is 13.8. The topological polar surface area (TPSA) is 225 Å². The number of nitrogens with one attached hydrogen (secondary N) is 2. The Balaban J connectivity index is 0.000000274. The second-order valence-electron chi connectivity index (χ2n) is 10.5. The summed E-state index contributed by atoms with van der Waals surface area (Å²) < 4.78 is 14.2. The molecule has 0 saturated heterocycles. The number of ether oxygens (including phenoxy) is 3. The molecule has 0 aliphatic carbocycles. The number of carbonyl (C=O) groups excluding carboxylic acids is 5. The van der Waals surface area contributed by atoms with Crippen molar-refractivity contribution in [3.05, 3.63) is 119 Å². The molecule has 50 heavy (non-hydrogen) atoms. The zero-order valence-corrected chi connectivity index (χ0v) is 27.1. The van der Waals surface area contributed by atoms with E-state index < -0.39 is 29.9 Å². The molecule has 0 fully saturated rings. The van der Waals surface area contributed by atoms with E-state index in [1.54, 1.807) is 79.1 Å². The van der Waals surface area contributed by atoms with Crippen molar-refractivity contribution < 1.29 is 38.2 Å². The van der Waals surface area contributed by atoms with Gasteiger partial charge in [0.05, 0.1) is 19.9 Å². The minimum Gasteiger partial charge on any atom is -0.467 e. The zero-order valence-electron chi connectivity index (χ0n) is 27.1. The number of methoxy groups -OCH3 is 2. The molecule has 0 bridgehead atoms. The Kier molecular flexibility index (Phi) is 14.2. The molecule has 2 unspecified atom stereocenters. The van der Waals surface area contributed by atoms with Gasteiger partial charge in [-0.2, -0.15) is 4.99 Å². The van der Waals surface area contributed by atoms with Gasteiger partial charge in [-0.05, 0) is 83.9 Å². The number of hydrogen-bond acceptors (Lipinski definition) is 12. The lowest BCUT2D eigenvalue weighted by molar-refractivity contribution is -0.143. The van der Waals surface area contributed by atoms with E-state index in [-0.39, 0.29) is 12.3 Å². The third-order valence-corrected chi connectivity index (χ3v) is 7.01. The van der Waals surface area contributed by atoms with E-state index in [0.29, 0.717) is 40.4 Å². The Bertz CT molecular complexity index is 1850. The summed E-state index contributed by atoms with van der Waals surface area (Å²) in [6.07, 6.45) is 3.49. The number of nitrogens with zero attached hydrogens (tertiary/aromatic N) is 2. The summed E-state index contributed by atoms with van der Waals surface area (Å²) in [5.74, 6) is -1.57. The Labute approximate surface area is 287 Å². The molecule has 4 aromatic carbocycles. The fourth-order valence-electron chi connectivity index (χ4n) is 4.40. The number of nitrogens with two attached hydrogens (primary N) is 2. The van der Waals surface area contributed by atoms with E-state index in [4.69, 9.17) is 30.9 Å². The van der Waals surface area contributed by atoms with Crippen molar-refractivity contribution in [3.63, 3.8) is 0 Å². The van der Waals surface area contributed by atoms with Crippen molar-refractivity contribution >= 4 is 46.9 Å². The molecule has 0 aromatic heterocycles. The van der Waals surface area contributed by atoms with Crippen LogP contribution in [-0.4, -0.2) is 56.1 Å². The van der Waals surface area contributed by atoms with E-state index in [1.807, 2.05) is 0 Å². The van der Waals surface area contributed by atoms with E-state index in [2.05, 4.69) is 15.6 Å². The number of amides is 2. The molecule has 0 aliphatic rings. The first-order valence-electron chi connectivity index (χ1n) is 14.9. The molecule has 0 heterocycles. The average molecular weight is 679 g/mol. The lowest BCUT2D eigenvalue weighted by atomic mass is 10.0. The number of carbonyl (C=O) groups is 4. The van der Waals surface area contributed by atoms with Gasteiger partial charge in [-0.3, -0.25) is 9.59 Å². The lowest BCUT2D eigenvalue weighted by Gasteiger charge is -2.17.